The van der Waals surface area contributed by atoms with Crippen LogP contribution in [0, 0.1) is 0 Å². The van der Waals surface area contributed by atoms with Gasteiger partial charge in [0.05, 0.1) is 4.90 Å². The van der Waals surface area contributed by atoms with Gasteiger partial charge in [0.15, 0.2) is 0 Å². The van der Waals surface area contributed by atoms with Crippen molar-refractivity contribution in [2.24, 2.45) is 21.2 Å². The molecule has 0 saturated heterocycles. The molecule has 0 radical (unpaired) electrons. The molecule has 13 heteroatoms. The van der Waals surface area contributed by atoms with Crippen molar-refractivity contribution in [1.82, 2.24) is 9.21 Å². The third-order valence-electron chi connectivity index (χ3n) is 4.46. The lowest BCUT2D eigenvalue weighted by Gasteiger charge is -2.22. The molecule has 2 N–H and O–H groups in total. The number of hydrogen-bond acceptors (Lipinski definition) is 6. The minimum atomic E-state index is -3.80. The number of ether oxygens (including phenoxy) is 1. The van der Waals surface area contributed by atoms with Crippen LogP contribution in [0.25, 0.3) is 0 Å². The van der Waals surface area contributed by atoms with Crippen molar-refractivity contribution in [1.29, 1.82) is 0 Å². The SMILES string of the molecule is NN=NC=NCC(=O)N1CC2=C(C1)CN(S(=O)(=O)c1ccc(OC(F)F)cc1)C2. The molecule has 2 aliphatic rings. The van der Waals surface area contributed by atoms with E-state index in [9.17, 15) is 22.0 Å². The van der Waals surface area contributed by atoms with Crippen LogP contribution in [-0.4, -0.2) is 69.2 Å². The highest BCUT2D eigenvalue weighted by Crippen LogP contribution is 2.30. The topological polar surface area (TPSA) is 130 Å². The van der Waals surface area contributed by atoms with E-state index >= 15 is 0 Å². The van der Waals surface area contributed by atoms with Gasteiger partial charge in [-0.05, 0) is 35.4 Å². The molecule has 1 aromatic rings. The van der Waals surface area contributed by atoms with Crippen LogP contribution in [-0.2, 0) is 14.8 Å². The number of aliphatic imine (C=N–C) groups is 1. The van der Waals surface area contributed by atoms with Crippen molar-refractivity contribution < 1.29 is 26.7 Å². The summed E-state index contributed by atoms with van der Waals surface area (Å²) in [6, 6.07) is 4.81. The van der Waals surface area contributed by atoms with Crippen LogP contribution in [0.15, 0.2) is 55.6 Å². The van der Waals surface area contributed by atoms with E-state index in [0.717, 1.165) is 17.5 Å². The Kier molecular flexibility index (Phi) is 6.17. The van der Waals surface area contributed by atoms with E-state index in [2.05, 4.69) is 20.1 Å². The van der Waals surface area contributed by atoms with Gasteiger partial charge in [-0.2, -0.15) is 13.1 Å². The van der Waals surface area contributed by atoms with Crippen molar-refractivity contribution >= 4 is 22.3 Å². The van der Waals surface area contributed by atoms with Gasteiger partial charge in [0, 0.05) is 26.2 Å². The summed E-state index contributed by atoms with van der Waals surface area (Å²) in [4.78, 5) is 17.5. The average Bonchev–Trinajstić information content (AvgIpc) is 3.25. The second kappa shape index (κ2) is 8.61. The van der Waals surface area contributed by atoms with Crippen LogP contribution in [0.2, 0.25) is 0 Å². The zero-order valence-electron chi connectivity index (χ0n) is 15.1. The van der Waals surface area contributed by atoms with Crippen molar-refractivity contribution in [3.8, 4) is 5.75 Å². The third-order valence-corrected chi connectivity index (χ3v) is 6.27. The van der Waals surface area contributed by atoms with E-state index in [1.807, 2.05) is 0 Å². The number of carbonyl (C=O) groups is 1. The Hall–Kier alpha value is -2.93. The molecule has 0 saturated carbocycles. The molecule has 0 aromatic heterocycles. The van der Waals surface area contributed by atoms with E-state index in [1.54, 1.807) is 4.90 Å². The summed E-state index contributed by atoms with van der Waals surface area (Å²) in [5, 5.41) is 6.31. The molecule has 10 nitrogen and oxygen atoms in total. The highest BCUT2D eigenvalue weighted by Gasteiger charge is 2.37. The maximum Gasteiger partial charge on any atom is 0.387 e. The fourth-order valence-electron chi connectivity index (χ4n) is 3.12. The molecule has 2 heterocycles. The van der Waals surface area contributed by atoms with Gasteiger partial charge in [-0.3, -0.25) is 9.79 Å². The average molecular weight is 428 g/mol. The fraction of sp³-hybridized carbons (Fsp3) is 0.375. The van der Waals surface area contributed by atoms with Crippen LogP contribution < -0.4 is 10.6 Å². The summed E-state index contributed by atoms with van der Waals surface area (Å²) in [5.74, 6) is 4.49. The maximum absolute atomic E-state index is 12.8. The minimum Gasteiger partial charge on any atom is -0.435 e. The van der Waals surface area contributed by atoms with Crippen LogP contribution in [0.3, 0.4) is 0 Å². The largest absolute Gasteiger partial charge is 0.435 e. The molecule has 0 aliphatic carbocycles. The highest BCUT2D eigenvalue weighted by molar-refractivity contribution is 7.89. The van der Waals surface area contributed by atoms with E-state index in [1.165, 1.54) is 28.6 Å². The number of rotatable bonds is 7. The number of amides is 1. The Morgan fingerprint density at radius 3 is 2.34 bits per heavy atom. The highest BCUT2D eigenvalue weighted by atomic mass is 32.2. The summed E-state index contributed by atoms with van der Waals surface area (Å²) >= 11 is 0. The Balaban J connectivity index is 1.59. The molecular weight excluding hydrogens is 410 g/mol. The van der Waals surface area contributed by atoms with Gasteiger partial charge in [0.25, 0.3) is 0 Å². The first-order valence-corrected chi connectivity index (χ1v) is 9.86. The molecule has 0 unspecified atom stereocenters. The van der Waals surface area contributed by atoms with Crippen molar-refractivity contribution in [2.75, 3.05) is 32.7 Å². The third kappa shape index (κ3) is 4.74. The van der Waals surface area contributed by atoms with Crippen molar-refractivity contribution in [3.05, 3.63) is 35.4 Å². The van der Waals surface area contributed by atoms with Gasteiger partial charge in [-0.1, -0.05) is 5.22 Å². The van der Waals surface area contributed by atoms with E-state index in [4.69, 9.17) is 5.84 Å². The maximum atomic E-state index is 12.8. The zero-order chi connectivity index (χ0) is 21.0. The summed E-state index contributed by atoms with van der Waals surface area (Å²) < 4.78 is 55.6. The molecule has 0 spiro atoms. The van der Waals surface area contributed by atoms with Gasteiger partial charge in [-0.25, -0.2) is 8.42 Å². The summed E-state index contributed by atoms with van der Waals surface area (Å²) in [7, 11) is -3.80. The molecule has 0 fully saturated rings. The molecular formula is C16H18F2N6O4S. The number of alkyl halides is 2. The smallest absolute Gasteiger partial charge is 0.387 e. The molecule has 2 aliphatic heterocycles. The summed E-state index contributed by atoms with van der Waals surface area (Å²) in [5.41, 5.74) is 1.73. The summed E-state index contributed by atoms with van der Waals surface area (Å²) in [6.45, 7) is -2.09. The van der Waals surface area contributed by atoms with Crippen LogP contribution in [0.5, 0.6) is 5.75 Å². The van der Waals surface area contributed by atoms with Gasteiger partial charge in [0.2, 0.25) is 15.9 Å². The summed E-state index contributed by atoms with van der Waals surface area (Å²) in [6.07, 6.45) is 1.08. The van der Waals surface area contributed by atoms with Crippen LogP contribution in [0.4, 0.5) is 8.78 Å². The zero-order valence-corrected chi connectivity index (χ0v) is 15.9. The van der Waals surface area contributed by atoms with Crippen molar-refractivity contribution in [2.45, 2.75) is 11.5 Å². The van der Waals surface area contributed by atoms with Crippen molar-refractivity contribution in [3.63, 3.8) is 0 Å². The van der Waals surface area contributed by atoms with Crippen LogP contribution in [0.1, 0.15) is 0 Å². The van der Waals surface area contributed by atoms with E-state index in [0.29, 0.717) is 13.1 Å². The molecule has 3 rings (SSSR count). The lowest BCUT2D eigenvalue weighted by Crippen LogP contribution is -2.37. The Bertz CT molecular complexity index is 944. The lowest BCUT2D eigenvalue weighted by atomic mass is 10.2. The first kappa shape index (κ1) is 20.8. The number of nitrogens with zero attached hydrogens (tertiary/aromatic N) is 5. The predicted octanol–water partition coefficient (Wildman–Crippen LogP) is 0.785. The quantitative estimate of drug-likeness (QED) is 0.171. The second-order valence-electron chi connectivity index (χ2n) is 6.27. The molecule has 29 heavy (non-hydrogen) atoms. The van der Waals surface area contributed by atoms with Crippen LogP contribution >= 0.6 is 0 Å². The first-order valence-electron chi connectivity index (χ1n) is 8.42. The molecule has 156 valence electrons. The minimum absolute atomic E-state index is 0.0170. The lowest BCUT2D eigenvalue weighted by molar-refractivity contribution is -0.128. The number of halogens is 2. The normalized spacial score (nSPS) is 17.8. The number of benzene rings is 1. The number of carbonyl (C=O) groups excluding carboxylic acids is 1. The Morgan fingerprint density at radius 2 is 1.79 bits per heavy atom. The molecule has 0 bridgehead atoms. The monoisotopic (exact) mass is 428 g/mol. The van der Waals surface area contributed by atoms with Gasteiger partial charge in [0.1, 0.15) is 18.6 Å². The molecule has 1 amide bonds. The number of sulfonamides is 1. The van der Waals surface area contributed by atoms with Gasteiger partial charge < -0.3 is 15.5 Å². The van der Waals surface area contributed by atoms with E-state index in [-0.39, 0.29) is 36.2 Å². The first-order chi connectivity index (χ1) is 13.8. The number of hydrogen-bond donors (Lipinski definition) is 1. The standard InChI is InChI=1S/C16H18F2N6O4S/c17-16(18)28-13-1-3-14(4-2-13)29(26,27)24-8-11-6-23(7-12(11)9-24)15(25)5-20-10-21-22-19/h1-4,10,16H,5-9H2,(H2,19,20,21). The molecule has 1 aromatic carbocycles. The van der Waals surface area contributed by atoms with E-state index < -0.39 is 16.6 Å². The second-order valence-corrected chi connectivity index (χ2v) is 8.20. The van der Waals surface area contributed by atoms with Gasteiger partial charge >= 0.3 is 6.61 Å². The Labute approximate surface area is 165 Å². The number of nitrogens with two attached hydrogens (primary N) is 1. The Morgan fingerprint density at radius 1 is 1.17 bits per heavy atom. The predicted molar refractivity (Wildman–Crippen MR) is 97.8 cm³/mol. The fourth-order valence-corrected chi connectivity index (χ4v) is 4.55. The molecule has 0 atom stereocenters. The van der Waals surface area contributed by atoms with Gasteiger partial charge in [-0.15, -0.1) is 5.11 Å².